The molecule has 0 atom stereocenters. The van der Waals surface area contributed by atoms with Crippen molar-refractivity contribution in [3.8, 4) is 0 Å². The highest BCUT2D eigenvalue weighted by molar-refractivity contribution is 5.78. The average Bonchev–Trinajstić information content (AvgIpc) is 2.69. The number of amides is 1. The van der Waals surface area contributed by atoms with Crippen molar-refractivity contribution in [1.82, 2.24) is 25.0 Å². The average molecular weight is 195 g/mol. The van der Waals surface area contributed by atoms with Crippen LogP contribution < -0.4 is 5.32 Å². The highest BCUT2D eigenvalue weighted by Gasteiger charge is 2.16. The monoisotopic (exact) mass is 195 g/mol. The number of hydrogen-bond acceptors (Lipinski definition) is 4. The van der Waals surface area contributed by atoms with Crippen LogP contribution in [0.25, 0.3) is 0 Å². The Morgan fingerprint density at radius 2 is 2.43 bits per heavy atom. The second kappa shape index (κ2) is 4.19. The molecule has 2 rings (SSSR count). The minimum atomic E-state index is 0.163. The van der Waals surface area contributed by atoms with E-state index in [4.69, 9.17) is 0 Å². The number of aromatic nitrogens is 3. The predicted molar refractivity (Wildman–Crippen MR) is 49.5 cm³/mol. The summed E-state index contributed by atoms with van der Waals surface area (Å²) in [5, 5.41) is 7.01. The van der Waals surface area contributed by atoms with Gasteiger partial charge in [0.25, 0.3) is 0 Å². The first-order valence-electron chi connectivity index (χ1n) is 4.67. The van der Waals surface area contributed by atoms with Crippen LogP contribution in [0.15, 0.2) is 12.7 Å². The van der Waals surface area contributed by atoms with Crippen LogP contribution in [0, 0.1) is 0 Å². The first kappa shape index (κ1) is 9.14. The van der Waals surface area contributed by atoms with Gasteiger partial charge in [-0.15, -0.1) is 0 Å². The molecule has 1 aliphatic heterocycles. The molecule has 1 saturated heterocycles. The number of carbonyl (C=O) groups excluding carboxylic acids is 1. The second-order valence-electron chi connectivity index (χ2n) is 3.22. The third-order valence-corrected chi connectivity index (χ3v) is 2.25. The predicted octanol–water partition coefficient (Wildman–Crippen LogP) is -1.29. The van der Waals surface area contributed by atoms with Crippen molar-refractivity contribution in [3.05, 3.63) is 12.7 Å². The highest BCUT2D eigenvalue weighted by Crippen LogP contribution is 1.94. The number of hydrogen-bond donors (Lipinski definition) is 1. The van der Waals surface area contributed by atoms with Crippen LogP contribution in [0.5, 0.6) is 0 Å². The lowest BCUT2D eigenvalue weighted by atomic mass is 10.3. The lowest BCUT2D eigenvalue weighted by molar-refractivity contribution is -0.132. The summed E-state index contributed by atoms with van der Waals surface area (Å²) < 4.78 is 1.73. The fourth-order valence-corrected chi connectivity index (χ4v) is 1.45. The van der Waals surface area contributed by atoms with Gasteiger partial charge in [0, 0.05) is 19.6 Å². The molecule has 0 spiro atoms. The summed E-state index contributed by atoms with van der Waals surface area (Å²) in [5.74, 6) is 0.163. The molecular formula is C8H13N5O. The van der Waals surface area contributed by atoms with E-state index >= 15 is 0 Å². The van der Waals surface area contributed by atoms with Crippen molar-refractivity contribution in [1.29, 1.82) is 0 Å². The van der Waals surface area contributed by atoms with Crippen LogP contribution in [-0.2, 0) is 11.3 Å². The van der Waals surface area contributed by atoms with Gasteiger partial charge < -0.3 is 10.2 Å². The Morgan fingerprint density at radius 3 is 3.14 bits per heavy atom. The number of nitrogens with one attached hydrogen (secondary N) is 1. The van der Waals surface area contributed by atoms with E-state index < -0.39 is 0 Å². The van der Waals surface area contributed by atoms with E-state index in [0.717, 1.165) is 13.1 Å². The molecule has 6 nitrogen and oxygen atoms in total. The summed E-state index contributed by atoms with van der Waals surface area (Å²) in [6.07, 6.45) is 3.16. The molecule has 0 saturated carbocycles. The molecule has 6 heteroatoms. The lowest BCUT2D eigenvalue weighted by Crippen LogP contribution is -2.48. The number of piperazine rings is 1. The highest BCUT2D eigenvalue weighted by atomic mass is 16.2. The largest absolute Gasteiger partial charge is 0.338 e. The van der Waals surface area contributed by atoms with Crippen molar-refractivity contribution in [2.24, 2.45) is 0 Å². The molecule has 1 aromatic heterocycles. The van der Waals surface area contributed by atoms with Crippen LogP contribution in [0.3, 0.4) is 0 Å². The molecule has 0 aliphatic carbocycles. The summed E-state index contributed by atoms with van der Waals surface area (Å²) in [6, 6.07) is 0. The van der Waals surface area contributed by atoms with Crippen molar-refractivity contribution in [2.45, 2.75) is 6.54 Å². The molecular weight excluding hydrogens is 182 g/mol. The molecule has 76 valence electrons. The molecule has 1 aliphatic rings. The Kier molecular flexibility index (Phi) is 2.73. The normalized spacial score (nSPS) is 17.4. The number of nitrogens with zero attached hydrogens (tertiary/aromatic N) is 4. The molecule has 0 aromatic carbocycles. The van der Waals surface area contributed by atoms with Crippen LogP contribution in [0.1, 0.15) is 0 Å². The van der Waals surface area contributed by atoms with Crippen LogP contribution in [0.4, 0.5) is 0 Å². The minimum Gasteiger partial charge on any atom is -0.338 e. The first-order valence-corrected chi connectivity index (χ1v) is 4.67. The van der Waals surface area contributed by atoms with Crippen molar-refractivity contribution in [2.75, 3.05) is 26.2 Å². The SMILES string of the molecule is O=C1CNCCN1CCn1cncn1. The molecule has 0 unspecified atom stereocenters. The van der Waals surface area contributed by atoms with E-state index in [1.54, 1.807) is 11.0 Å². The Labute approximate surface area is 81.9 Å². The molecule has 1 fully saturated rings. The zero-order valence-corrected chi connectivity index (χ0v) is 7.89. The van der Waals surface area contributed by atoms with Crippen molar-refractivity contribution in [3.63, 3.8) is 0 Å². The van der Waals surface area contributed by atoms with Gasteiger partial charge in [0.05, 0.1) is 13.1 Å². The Morgan fingerprint density at radius 1 is 1.50 bits per heavy atom. The summed E-state index contributed by atoms with van der Waals surface area (Å²) in [5.41, 5.74) is 0. The van der Waals surface area contributed by atoms with Gasteiger partial charge in [-0.1, -0.05) is 0 Å². The molecule has 14 heavy (non-hydrogen) atoms. The zero-order valence-electron chi connectivity index (χ0n) is 7.89. The second-order valence-corrected chi connectivity index (χ2v) is 3.22. The molecule has 0 radical (unpaired) electrons. The van der Waals surface area contributed by atoms with Crippen LogP contribution >= 0.6 is 0 Å². The van der Waals surface area contributed by atoms with Gasteiger partial charge in [0.2, 0.25) is 5.91 Å². The molecule has 2 heterocycles. The summed E-state index contributed by atoms with van der Waals surface area (Å²) in [4.78, 5) is 17.1. The summed E-state index contributed by atoms with van der Waals surface area (Å²) in [7, 11) is 0. The minimum absolute atomic E-state index is 0.163. The van der Waals surface area contributed by atoms with Gasteiger partial charge in [0.15, 0.2) is 0 Å². The molecule has 0 bridgehead atoms. The maximum atomic E-state index is 11.4. The van der Waals surface area contributed by atoms with Gasteiger partial charge in [-0.05, 0) is 0 Å². The zero-order chi connectivity index (χ0) is 9.80. The summed E-state index contributed by atoms with van der Waals surface area (Å²) >= 11 is 0. The third-order valence-electron chi connectivity index (χ3n) is 2.25. The van der Waals surface area contributed by atoms with Gasteiger partial charge in [-0.3, -0.25) is 9.48 Å². The summed E-state index contributed by atoms with van der Waals surface area (Å²) in [6.45, 7) is 3.55. The van der Waals surface area contributed by atoms with Gasteiger partial charge in [-0.2, -0.15) is 5.10 Å². The van der Waals surface area contributed by atoms with Gasteiger partial charge in [-0.25, -0.2) is 4.98 Å². The maximum absolute atomic E-state index is 11.4. The number of carbonyl (C=O) groups is 1. The van der Waals surface area contributed by atoms with E-state index in [1.807, 2.05) is 4.90 Å². The van der Waals surface area contributed by atoms with E-state index in [-0.39, 0.29) is 5.91 Å². The first-order chi connectivity index (χ1) is 6.86. The van der Waals surface area contributed by atoms with Crippen LogP contribution in [-0.4, -0.2) is 51.8 Å². The number of rotatable bonds is 3. The molecule has 1 aromatic rings. The molecule has 1 amide bonds. The van der Waals surface area contributed by atoms with E-state index in [1.165, 1.54) is 6.33 Å². The van der Waals surface area contributed by atoms with E-state index in [9.17, 15) is 4.79 Å². The van der Waals surface area contributed by atoms with Gasteiger partial charge in [0.1, 0.15) is 12.7 Å². The third kappa shape index (κ3) is 2.08. The fraction of sp³-hybridized carbons (Fsp3) is 0.625. The van der Waals surface area contributed by atoms with Crippen LogP contribution in [0.2, 0.25) is 0 Å². The Bertz CT molecular complexity index is 297. The Hall–Kier alpha value is -1.43. The van der Waals surface area contributed by atoms with Crippen molar-refractivity contribution >= 4 is 5.91 Å². The molecule has 1 N–H and O–H groups in total. The lowest BCUT2D eigenvalue weighted by Gasteiger charge is -2.27. The fourth-order valence-electron chi connectivity index (χ4n) is 1.45. The Balaban J connectivity index is 1.82. The maximum Gasteiger partial charge on any atom is 0.236 e. The van der Waals surface area contributed by atoms with Gasteiger partial charge >= 0.3 is 0 Å². The standard InChI is InChI=1S/C8H13N5O/c14-8-5-9-1-2-12(8)3-4-13-7-10-6-11-13/h6-7,9H,1-5H2. The van der Waals surface area contributed by atoms with Crippen molar-refractivity contribution < 1.29 is 4.79 Å². The van der Waals surface area contributed by atoms with E-state index in [2.05, 4.69) is 15.4 Å². The topological polar surface area (TPSA) is 63.1 Å². The smallest absolute Gasteiger partial charge is 0.236 e. The van der Waals surface area contributed by atoms with E-state index in [0.29, 0.717) is 19.6 Å². The quantitative estimate of drug-likeness (QED) is 0.652.